The minimum atomic E-state index is -0.356. The molecule has 0 atom stereocenters. The lowest BCUT2D eigenvalue weighted by Crippen LogP contribution is -2.46. The maximum absolute atomic E-state index is 11.9. The summed E-state index contributed by atoms with van der Waals surface area (Å²) in [5.41, 5.74) is 1.15. The molecule has 0 amide bonds. The van der Waals surface area contributed by atoms with Crippen LogP contribution in [0.5, 0.6) is 11.5 Å². The van der Waals surface area contributed by atoms with Gasteiger partial charge in [-0.2, -0.15) is 0 Å². The average Bonchev–Trinajstić information content (AvgIpc) is 3.45. The third-order valence-electron chi connectivity index (χ3n) is 6.20. The second kappa shape index (κ2) is 8.54. The fourth-order valence-corrected chi connectivity index (χ4v) is 4.55. The van der Waals surface area contributed by atoms with Gasteiger partial charge in [0.05, 0.1) is 4.92 Å². The molecule has 31 heavy (non-hydrogen) atoms. The van der Waals surface area contributed by atoms with Crippen LogP contribution in [-0.2, 0) is 6.54 Å². The van der Waals surface area contributed by atoms with E-state index in [1.54, 1.807) is 0 Å². The number of nitrogens with one attached hydrogen (secondary N) is 1. The Morgan fingerprint density at radius 1 is 1.10 bits per heavy atom. The molecule has 1 aromatic heterocycles. The zero-order chi connectivity index (χ0) is 21.2. The van der Waals surface area contributed by atoms with Crippen molar-refractivity contribution in [2.75, 3.05) is 43.2 Å². The zero-order valence-corrected chi connectivity index (χ0v) is 17.3. The third kappa shape index (κ3) is 4.20. The Morgan fingerprint density at radius 3 is 2.65 bits per heavy atom. The summed E-state index contributed by atoms with van der Waals surface area (Å²) in [5.74, 6) is 2.31. The van der Waals surface area contributed by atoms with Crippen molar-refractivity contribution in [3.05, 3.63) is 40.2 Å². The van der Waals surface area contributed by atoms with Gasteiger partial charge in [-0.15, -0.1) is 0 Å². The maximum atomic E-state index is 11.9. The number of rotatable bonds is 6. The fourth-order valence-electron chi connectivity index (χ4n) is 4.55. The van der Waals surface area contributed by atoms with Crippen LogP contribution in [0, 0.1) is 10.1 Å². The number of aromatic nitrogens is 2. The summed E-state index contributed by atoms with van der Waals surface area (Å²) < 4.78 is 10.8. The number of fused-ring (bicyclic) bond motifs is 1. The van der Waals surface area contributed by atoms with Crippen LogP contribution in [-0.4, -0.2) is 58.8 Å². The maximum Gasteiger partial charge on any atom is 0.353 e. The topological polar surface area (TPSA) is 106 Å². The molecule has 0 spiro atoms. The van der Waals surface area contributed by atoms with Crippen molar-refractivity contribution < 1.29 is 14.4 Å². The largest absolute Gasteiger partial charge is 0.454 e. The van der Waals surface area contributed by atoms with E-state index in [9.17, 15) is 10.1 Å². The average molecular weight is 426 g/mol. The highest BCUT2D eigenvalue weighted by atomic mass is 16.7. The van der Waals surface area contributed by atoms with Crippen LogP contribution in [0.4, 0.5) is 17.3 Å². The highest BCUT2D eigenvalue weighted by Gasteiger charge is 2.30. The molecule has 1 aliphatic carbocycles. The van der Waals surface area contributed by atoms with Gasteiger partial charge in [0.15, 0.2) is 11.5 Å². The number of anilines is 2. The summed E-state index contributed by atoms with van der Waals surface area (Å²) in [6.07, 6.45) is 5.77. The molecule has 10 heteroatoms. The van der Waals surface area contributed by atoms with Gasteiger partial charge in [0, 0.05) is 38.8 Å². The quantitative estimate of drug-likeness (QED) is 0.551. The van der Waals surface area contributed by atoms with Gasteiger partial charge in [0.25, 0.3) is 0 Å². The minimum Gasteiger partial charge on any atom is -0.454 e. The Morgan fingerprint density at radius 2 is 1.87 bits per heavy atom. The Bertz CT molecular complexity index is 957. The molecule has 0 unspecified atom stereocenters. The van der Waals surface area contributed by atoms with Crippen molar-refractivity contribution in [1.29, 1.82) is 0 Å². The first kappa shape index (κ1) is 19.8. The number of ether oxygens (including phenoxy) is 2. The fraction of sp³-hybridized carbons (Fsp3) is 0.524. The molecular weight excluding hydrogens is 400 g/mol. The summed E-state index contributed by atoms with van der Waals surface area (Å²) in [4.78, 5) is 24.3. The molecule has 3 aliphatic rings. The molecule has 1 saturated carbocycles. The van der Waals surface area contributed by atoms with Crippen molar-refractivity contribution in [3.63, 3.8) is 0 Å². The Labute approximate surface area is 180 Å². The van der Waals surface area contributed by atoms with Crippen molar-refractivity contribution in [2.24, 2.45) is 0 Å². The predicted molar refractivity (Wildman–Crippen MR) is 115 cm³/mol. The van der Waals surface area contributed by atoms with E-state index in [4.69, 9.17) is 9.47 Å². The highest BCUT2D eigenvalue weighted by Crippen LogP contribution is 2.35. The lowest BCUT2D eigenvalue weighted by Gasteiger charge is -2.35. The van der Waals surface area contributed by atoms with E-state index in [0.717, 1.165) is 62.4 Å². The molecule has 164 valence electrons. The van der Waals surface area contributed by atoms with Crippen molar-refractivity contribution in [2.45, 2.75) is 38.3 Å². The van der Waals surface area contributed by atoms with Gasteiger partial charge in [0.2, 0.25) is 18.4 Å². The third-order valence-corrected chi connectivity index (χ3v) is 6.20. The van der Waals surface area contributed by atoms with Gasteiger partial charge >= 0.3 is 5.69 Å². The first-order valence-electron chi connectivity index (χ1n) is 10.8. The lowest BCUT2D eigenvalue weighted by atomic mass is 10.1. The standard InChI is InChI=1S/C21H26N6O4/c28-27(29)19-20(24-16-3-1-2-4-16)22-13-23-21(19)26-9-7-25(8-10-26)12-15-5-6-17-18(11-15)31-14-30-17/h5-6,11,13,16H,1-4,7-10,12,14H2,(H,22,23,24). The predicted octanol–water partition coefficient (Wildman–Crippen LogP) is 2.79. The summed E-state index contributed by atoms with van der Waals surface area (Å²) in [7, 11) is 0. The smallest absolute Gasteiger partial charge is 0.353 e. The molecule has 0 radical (unpaired) electrons. The van der Waals surface area contributed by atoms with Crippen LogP contribution in [0.25, 0.3) is 0 Å². The van der Waals surface area contributed by atoms with Crippen molar-refractivity contribution >= 4 is 17.3 Å². The normalized spacial score (nSPS) is 19.0. The highest BCUT2D eigenvalue weighted by molar-refractivity contribution is 5.70. The molecule has 1 N–H and O–H groups in total. The number of hydrogen-bond acceptors (Lipinski definition) is 9. The lowest BCUT2D eigenvalue weighted by molar-refractivity contribution is -0.383. The summed E-state index contributed by atoms with van der Waals surface area (Å²) in [5, 5.41) is 15.2. The molecule has 10 nitrogen and oxygen atoms in total. The number of piperazine rings is 1. The molecule has 3 heterocycles. The van der Waals surface area contributed by atoms with E-state index in [1.165, 1.54) is 6.33 Å². The number of hydrogen-bond donors (Lipinski definition) is 1. The molecule has 2 fully saturated rings. The minimum absolute atomic E-state index is 0.0152. The van der Waals surface area contributed by atoms with Gasteiger partial charge in [0.1, 0.15) is 6.33 Å². The van der Waals surface area contributed by atoms with Crippen LogP contribution in [0.2, 0.25) is 0 Å². The summed E-state index contributed by atoms with van der Waals surface area (Å²) in [6.45, 7) is 4.00. The van der Waals surface area contributed by atoms with Crippen molar-refractivity contribution in [1.82, 2.24) is 14.9 Å². The molecule has 0 bridgehead atoms. The van der Waals surface area contributed by atoms with E-state index in [-0.39, 0.29) is 23.4 Å². The van der Waals surface area contributed by atoms with E-state index < -0.39 is 0 Å². The van der Waals surface area contributed by atoms with Crippen LogP contribution in [0.15, 0.2) is 24.5 Å². The first-order valence-corrected chi connectivity index (χ1v) is 10.8. The molecule has 1 aromatic carbocycles. The van der Waals surface area contributed by atoms with Gasteiger partial charge in [-0.3, -0.25) is 15.0 Å². The molecule has 1 saturated heterocycles. The van der Waals surface area contributed by atoms with Gasteiger partial charge in [-0.05, 0) is 30.5 Å². The van der Waals surface area contributed by atoms with Gasteiger partial charge < -0.3 is 19.7 Å². The number of nitro groups is 1. The second-order valence-corrected chi connectivity index (χ2v) is 8.23. The van der Waals surface area contributed by atoms with Crippen LogP contribution in [0.3, 0.4) is 0 Å². The van der Waals surface area contributed by atoms with E-state index >= 15 is 0 Å². The summed E-state index contributed by atoms with van der Waals surface area (Å²) >= 11 is 0. The Kier molecular flexibility index (Phi) is 5.46. The number of nitrogens with zero attached hydrogens (tertiary/aromatic N) is 5. The molecule has 5 rings (SSSR count). The van der Waals surface area contributed by atoms with Crippen LogP contribution in [0.1, 0.15) is 31.2 Å². The van der Waals surface area contributed by atoms with Gasteiger partial charge in [-0.1, -0.05) is 18.9 Å². The molecule has 2 aromatic rings. The molecule has 2 aliphatic heterocycles. The van der Waals surface area contributed by atoms with E-state index in [2.05, 4.69) is 26.3 Å². The van der Waals surface area contributed by atoms with E-state index in [1.807, 2.05) is 17.0 Å². The van der Waals surface area contributed by atoms with Crippen LogP contribution >= 0.6 is 0 Å². The first-order chi connectivity index (χ1) is 15.2. The second-order valence-electron chi connectivity index (χ2n) is 8.23. The van der Waals surface area contributed by atoms with Gasteiger partial charge in [-0.25, -0.2) is 9.97 Å². The van der Waals surface area contributed by atoms with E-state index in [0.29, 0.717) is 24.7 Å². The van der Waals surface area contributed by atoms with Crippen molar-refractivity contribution in [3.8, 4) is 11.5 Å². The zero-order valence-electron chi connectivity index (χ0n) is 17.3. The Balaban J connectivity index is 1.26. The monoisotopic (exact) mass is 426 g/mol. The molecular formula is C21H26N6O4. The SMILES string of the molecule is O=[N+]([O-])c1c(NC2CCCC2)ncnc1N1CCN(Cc2ccc3c(c2)OCO3)CC1. The van der Waals surface area contributed by atoms with Crippen LogP contribution < -0.4 is 19.7 Å². The number of benzene rings is 1. The summed E-state index contributed by atoms with van der Waals surface area (Å²) in [6, 6.07) is 6.26. The Hall–Kier alpha value is -3.14.